The first-order chi connectivity index (χ1) is 11.0. The fourth-order valence-electron chi connectivity index (χ4n) is 2.52. The first kappa shape index (κ1) is 15.6. The van der Waals surface area contributed by atoms with Crippen molar-refractivity contribution in [1.29, 1.82) is 0 Å². The van der Waals surface area contributed by atoms with Crippen LogP contribution in [0.5, 0.6) is 0 Å². The van der Waals surface area contributed by atoms with Crippen molar-refractivity contribution in [3.63, 3.8) is 0 Å². The van der Waals surface area contributed by atoms with Gasteiger partial charge in [0.1, 0.15) is 11.6 Å². The monoisotopic (exact) mass is 336 g/mol. The molecule has 2 heterocycles. The minimum Gasteiger partial charge on any atom is -0.467 e. The highest BCUT2D eigenvalue weighted by Crippen LogP contribution is 2.26. The zero-order valence-electron chi connectivity index (χ0n) is 12.1. The lowest BCUT2D eigenvalue weighted by atomic mass is 10.1. The van der Waals surface area contributed by atoms with Crippen molar-refractivity contribution in [1.82, 2.24) is 4.90 Å². The summed E-state index contributed by atoms with van der Waals surface area (Å²) in [5.41, 5.74) is 0.329. The van der Waals surface area contributed by atoms with Crippen LogP contribution in [-0.2, 0) is 16.1 Å². The van der Waals surface area contributed by atoms with Crippen LogP contribution >= 0.6 is 11.6 Å². The third kappa shape index (κ3) is 3.53. The fraction of sp³-hybridized carbons (Fsp3) is 0.250. The standard InChI is InChI=1S/C16H14ClFN2O3/c17-13-7-11(18)3-4-14(13)19-16(22)10-6-15(21)20(8-10)9-12-2-1-5-23-12/h1-5,7,10H,6,8-9H2,(H,19,22). The number of benzene rings is 1. The molecule has 7 heteroatoms. The first-order valence-electron chi connectivity index (χ1n) is 7.09. The highest BCUT2D eigenvalue weighted by atomic mass is 35.5. The van der Waals surface area contributed by atoms with Crippen LogP contribution in [0, 0.1) is 11.7 Å². The molecule has 23 heavy (non-hydrogen) atoms. The van der Waals surface area contributed by atoms with Crippen LogP contribution < -0.4 is 5.32 Å². The molecule has 2 aromatic rings. The topological polar surface area (TPSA) is 62.6 Å². The molecule has 3 rings (SSSR count). The van der Waals surface area contributed by atoms with Gasteiger partial charge in [-0.1, -0.05) is 11.6 Å². The number of carbonyl (C=O) groups is 2. The van der Waals surface area contributed by atoms with Gasteiger partial charge in [-0.2, -0.15) is 0 Å². The summed E-state index contributed by atoms with van der Waals surface area (Å²) in [6.07, 6.45) is 1.67. The Labute approximate surface area is 137 Å². The number of nitrogens with one attached hydrogen (secondary N) is 1. The Morgan fingerprint density at radius 2 is 2.26 bits per heavy atom. The van der Waals surface area contributed by atoms with Crippen LogP contribution in [0.4, 0.5) is 10.1 Å². The average molecular weight is 337 g/mol. The highest BCUT2D eigenvalue weighted by molar-refractivity contribution is 6.33. The van der Waals surface area contributed by atoms with Gasteiger partial charge in [-0.3, -0.25) is 9.59 Å². The molecule has 0 bridgehead atoms. The van der Waals surface area contributed by atoms with Gasteiger partial charge in [0.15, 0.2) is 0 Å². The van der Waals surface area contributed by atoms with E-state index in [0.717, 1.165) is 6.07 Å². The van der Waals surface area contributed by atoms with Gasteiger partial charge in [-0.05, 0) is 30.3 Å². The largest absolute Gasteiger partial charge is 0.467 e. The summed E-state index contributed by atoms with van der Waals surface area (Å²) in [5, 5.41) is 2.76. The molecule has 1 fully saturated rings. The predicted molar refractivity (Wildman–Crippen MR) is 82.3 cm³/mol. The Morgan fingerprint density at radius 1 is 1.43 bits per heavy atom. The molecule has 1 atom stereocenters. The van der Waals surface area contributed by atoms with Gasteiger partial charge >= 0.3 is 0 Å². The molecule has 120 valence electrons. The van der Waals surface area contributed by atoms with Crippen molar-refractivity contribution in [3.8, 4) is 0 Å². The average Bonchev–Trinajstić information content (AvgIpc) is 3.13. The number of carbonyl (C=O) groups excluding carboxylic acids is 2. The Bertz CT molecular complexity index is 733. The molecular formula is C16H14ClFN2O3. The van der Waals surface area contributed by atoms with E-state index in [1.54, 1.807) is 17.0 Å². The van der Waals surface area contributed by atoms with E-state index in [0.29, 0.717) is 24.5 Å². The van der Waals surface area contributed by atoms with Crippen LogP contribution in [0.15, 0.2) is 41.0 Å². The second-order valence-corrected chi connectivity index (χ2v) is 5.78. The second-order valence-electron chi connectivity index (χ2n) is 5.37. The third-order valence-electron chi connectivity index (χ3n) is 3.70. The van der Waals surface area contributed by atoms with Gasteiger partial charge in [0.25, 0.3) is 0 Å². The van der Waals surface area contributed by atoms with Gasteiger partial charge < -0.3 is 14.6 Å². The van der Waals surface area contributed by atoms with Crippen molar-refractivity contribution in [2.24, 2.45) is 5.92 Å². The number of amides is 2. The zero-order valence-corrected chi connectivity index (χ0v) is 12.8. The van der Waals surface area contributed by atoms with Crippen molar-refractivity contribution < 1.29 is 18.4 Å². The SMILES string of the molecule is O=C(Nc1ccc(F)cc1Cl)C1CC(=O)N(Cc2ccco2)C1. The number of nitrogens with zero attached hydrogens (tertiary/aromatic N) is 1. The number of likely N-dealkylation sites (tertiary alicyclic amines) is 1. The number of hydrogen-bond acceptors (Lipinski definition) is 3. The minimum atomic E-state index is -0.478. The van der Waals surface area contributed by atoms with Crippen LogP contribution in [0.25, 0.3) is 0 Å². The molecule has 0 aliphatic carbocycles. The lowest BCUT2D eigenvalue weighted by molar-refractivity contribution is -0.128. The molecule has 1 aromatic carbocycles. The molecule has 1 aliphatic rings. The molecule has 1 aromatic heterocycles. The summed E-state index contributed by atoms with van der Waals surface area (Å²) in [4.78, 5) is 25.9. The molecule has 0 saturated carbocycles. The molecule has 0 spiro atoms. The van der Waals surface area contributed by atoms with Crippen LogP contribution in [0.3, 0.4) is 0 Å². The molecular weight excluding hydrogens is 323 g/mol. The summed E-state index contributed by atoms with van der Waals surface area (Å²) in [6.45, 7) is 0.650. The van der Waals surface area contributed by atoms with E-state index in [1.165, 1.54) is 18.4 Å². The van der Waals surface area contributed by atoms with E-state index in [-0.39, 0.29) is 23.3 Å². The van der Waals surface area contributed by atoms with Crippen molar-refractivity contribution in [2.45, 2.75) is 13.0 Å². The third-order valence-corrected chi connectivity index (χ3v) is 4.01. The van der Waals surface area contributed by atoms with Crippen LogP contribution in [-0.4, -0.2) is 23.3 Å². The fourth-order valence-corrected chi connectivity index (χ4v) is 2.73. The lowest BCUT2D eigenvalue weighted by Gasteiger charge is -2.15. The number of furan rings is 1. The molecule has 1 saturated heterocycles. The van der Waals surface area contributed by atoms with Gasteiger partial charge in [-0.15, -0.1) is 0 Å². The number of rotatable bonds is 4. The lowest BCUT2D eigenvalue weighted by Crippen LogP contribution is -2.28. The van der Waals surface area contributed by atoms with Gasteiger partial charge in [0, 0.05) is 13.0 Å². The van der Waals surface area contributed by atoms with Gasteiger partial charge in [0.05, 0.1) is 29.4 Å². The number of hydrogen-bond donors (Lipinski definition) is 1. The Hall–Kier alpha value is -2.34. The first-order valence-corrected chi connectivity index (χ1v) is 7.47. The molecule has 1 N–H and O–H groups in total. The predicted octanol–water partition coefficient (Wildman–Crippen LogP) is 3.06. The number of halogens is 2. The van der Waals surface area contributed by atoms with Gasteiger partial charge in [0.2, 0.25) is 11.8 Å². The Morgan fingerprint density at radius 3 is 2.96 bits per heavy atom. The molecule has 5 nitrogen and oxygen atoms in total. The summed E-state index contributed by atoms with van der Waals surface area (Å²) < 4.78 is 18.2. The second kappa shape index (κ2) is 6.42. The van der Waals surface area contributed by atoms with Crippen molar-refractivity contribution in [2.75, 3.05) is 11.9 Å². The highest BCUT2D eigenvalue weighted by Gasteiger charge is 2.34. The van der Waals surface area contributed by atoms with E-state index >= 15 is 0 Å². The number of anilines is 1. The van der Waals surface area contributed by atoms with Crippen molar-refractivity contribution >= 4 is 29.1 Å². The van der Waals surface area contributed by atoms with Crippen LogP contribution in [0.2, 0.25) is 5.02 Å². The summed E-state index contributed by atoms with van der Waals surface area (Å²) >= 11 is 5.89. The van der Waals surface area contributed by atoms with E-state index < -0.39 is 11.7 Å². The molecule has 1 unspecified atom stereocenters. The van der Waals surface area contributed by atoms with E-state index in [1.807, 2.05) is 0 Å². The minimum absolute atomic E-state index is 0.105. The van der Waals surface area contributed by atoms with Crippen molar-refractivity contribution in [3.05, 3.63) is 53.2 Å². The summed E-state index contributed by atoms with van der Waals surface area (Å²) in [7, 11) is 0. The summed E-state index contributed by atoms with van der Waals surface area (Å²) in [6, 6.07) is 7.26. The maximum Gasteiger partial charge on any atom is 0.229 e. The molecule has 2 amide bonds. The maximum atomic E-state index is 13.0. The van der Waals surface area contributed by atoms with Crippen LogP contribution in [0.1, 0.15) is 12.2 Å². The Balaban J connectivity index is 1.63. The van der Waals surface area contributed by atoms with Gasteiger partial charge in [-0.25, -0.2) is 4.39 Å². The smallest absolute Gasteiger partial charge is 0.229 e. The zero-order chi connectivity index (χ0) is 16.4. The summed E-state index contributed by atoms with van der Waals surface area (Å²) in [5.74, 6) is -0.700. The quantitative estimate of drug-likeness (QED) is 0.933. The molecule has 0 radical (unpaired) electrons. The Kier molecular flexibility index (Phi) is 4.34. The van der Waals surface area contributed by atoms with E-state index in [2.05, 4.69) is 5.32 Å². The van der Waals surface area contributed by atoms with E-state index in [4.69, 9.17) is 16.0 Å². The van der Waals surface area contributed by atoms with E-state index in [9.17, 15) is 14.0 Å². The normalized spacial score (nSPS) is 17.6. The maximum absolute atomic E-state index is 13.0. The molecule has 1 aliphatic heterocycles.